The molecule has 0 spiro atoms. The lowest BCUT2D eigenvalue weighted by Crippen LogP contribution is -2.63. The summed E-state index contributed by atoms with van der Waals surface area (Å²) in [6.45, 7) is 20.0. The number of carbonyl (C=O) groups excluding carboxylic acids is 3. The maximum atomic E-state index is 13.6. The van der Waals surface area contributed by atoms with Crippen LogP contribution < -0.4 is 5.32 Å². The number of nitrogens with one attached hydrogen (secondary N) is 1. The third-order valence-corrected chi connectivity index (χ3v) is 12.3. The topological polar surface area (TPSA) is 114 Å². The Hall–Kier alpha value is -2.13. The molecule has 42 heavy (non-hydrogen) atoms. The number of Topliss-reactive ketones (excluding diaryl/α,β-unsaturated/α-hetero) is 1. The van der Waals surface area contributed by atoms with Crippen molar-refractivity contribution in [3.8, 4) is 0 Å². The van der Waals surface area contributed by atoms with Crippen LogP contribution in [-0.4, -0.2) is 58.1 Å². The van der Waals surface area contributed by atoms with Crippen molar-refractivity contribution >= 4 is 34.7 Å². The molecular formula is C33H50N2O6S. The van der Waals surface area contributed by atoms with Gasteiger partial charge in [-0.05, 0) is 70.1 Å². The normalized spacial score (nSPS) is 40.6. The van der Waals surface area contributed by atoms with Crippen molar-refractivity contribution in [3.63, 3.8) is 0 Å². The minimum Gasteiger partial charge on any atom is -0.461 e. The number of rotatable bonds is 7. The highest BCUT2D eigenvalue weighted by Crippen LogP contribution is 2.68. The van der Waals surface area contributed by atoms with E-state index in [0.29, 0.717) is 29.3 Å². The number of nitrogens with zero attached hydrogens (tertiary/aromatic N) is 1. The SMILES string of the molecule is C=C[C@]1(C)C[C@@H](OC(=O)CSC2=NC(C)C(C(=O)OC(C)CC)=C(C)N2)[C@]2(C)[C@H](C)CC[C@]3(CCC(=O)[C@H]32)[C@@H](C)[C@@H]1O. The fraction of sp³-hybridized carbons (Fsp3) is 0.758. The van der Waals surface area contributed by atoms with Crippen molar-refractivity contribution in [2.24, 2.45) is 39.0 Å². The Bertz CT molecular complexity index is 1180. The summed E-state index contributed by atoms with van der Waals surface area (Å²) in [5.74, 6) is -0.677. The molecule has 0 amide bonds. The van der Waals surface area contributed by atoms with E-state index in [2.05, 4.69) is 37.7 Å². The number of esters is 2. The van der Waals surface area contributed by atoms with E-state index < -0.39 is 35.0 Å². The van der Waals surface area contributed by atoms with Crippen LogP contribution in [0.15, 0.2) is 28.9 Å². The monoisotopic (exact) mass is 602 g/mol. The van der Waals surface area contributed by atoms with E-state index in [9.17, 15) is 19.5 Å². The first-order valence-corrected chi connectivity index (χ1v) is 16.6. The Morgan fingerprint density at radius 1 is 1.26 bits per heavy atom. The molecule has 234 valence electrons. The zero-order valence-electron chi connectivity index (χ0n) is 26.6. The lowest BCUT2D eigenvalue weighted by molar-refractivity contribution is -0.205. The number of aliphatic imine (C=N–C) groups is 1. The first-order chi connectivity index (χ1) is 19.6. The maximum absolute atomic E-state index is 13.6. The molecule has 2 unspecified atom stereocenters. The summed E-state index contributed by atoms with van der Waals surface area (Å²) in [7, 11) is 0. The molecule has 1 heterocycles. The summed E-state index contributed by atoms with van der Waals surface area (Å²) in [6, 6.07) is -0.410. The van der Waals surface area contributed by atoms with E-state index in [1.54, 1.807) is 0 Å². The molecule has 10 atom stereocenters. The van der Waals surface area contributed by atoms with Crippen LogP contribution in [0.5, 0.6) is 0 Å². The molecule has 0 saturated heterocycles. The molecule has 3 fully saturated rings. The van der Waals surface area contributed by atoms with Crippen LogP contribution in [-0.2, 0) is 23.9 Å². The Kier molecular flexibility index (Phi) is 9.44. The van der Waals surface area contributed by atoms with E-state index in [1.165, 1.54) is 11.8 Å². The fourth-order valence-corrected chi connectivity index (χ4v) is 9.14. The van der Waals surface area contributed by atoms with Gasteiger partial charge >= 0.3 is 11.9 Å². The standard InChI is InChI=1S/C33H50N2O6S/c1-10-19(4)40-29(39)26-21(6)34-30(35-22(26)7)42-17-25(37)41-24-16-31(8,11-2)28(38)20(5)33-14-12-18(3)32(24,9)27(33)23(36)13-15-33/h11,18-21,24,27-28,38H,2,10,12-17H2,1,3-9H3,(H,34,35)/t18-,19?,20+,21?,24-,27+,28+,31-,32+,33+/m1/s1. The van der Waals surface area contributed by atoms with Crippen LogP contribution in [0.2, 0.25) is 0 Å². The summed E-state index contributed by atoms with van der Waals surface area (Å²) in [4.78, 5) is 44.4. The van der Waals surface area contributed by atoms with Gasteiger partial charge in [-0.25, -0.2) is 4.79 Å². The zero-order chi connectivity index (χ0) is 31.2. The maximum Gasteiger partial charge on any atom is 0.338 e. The van der Waals surface area contributed by atoms with Gasteiger partial charge in [-0.15, -0.1) is 6.58 Å². The number of aliphatic hydroxyl groups excluding tert-OH is 1. The van der Waals surface area contributed by atoms with Gasteiger partial charge in [0, 0.05) is 28.9 Å². The van der Waals surface area contributed by atoms with E-state index in [-0.39, 0.29) is 46.8 Å². The Labute approximate surface area is 255 Å². The predicted octanol–water partition coefficient (Wildman–Crippen LogP) is 5.59. The first-order valence-electron chi connectivity index (χ1n) is 15.6. The minimum absolute atomic E-state index is 0.0208. The summed E-state index contributed by atoms with van der Waals surface area (Å²) in [5, 5.41) is 15.4. The van der Waals surface area contributed by atoms with Crippen molar-refractivity contribution in [1.29, 1.82) is 0 Å². The van der Waals surface area contributed by atoms with Crippen LogP contribution in [0.25, 0.3) is 0 Å². The van der Waals surface area contributed by atoms with Crippen LogP contribution in [0, 0.1) is 34.0 Å². The molecule has 3 aliphatic carbocycles. The molecule has 0 aromatic rings. The van der Waals surface area contributed by atoms with E-state index in [4.69, 9.17) is 9.47 Å². The van der Waals surface area contributed by atoms with Crippen LogP contribution in [0.1, 0.15) is 93.9 Å². The highest BCUT2D eigenvalue weighted by atomic mass is 32.2. The minimum atomic E-state index is -0.699. The molecule has 9 heteroatoms. The van der Waals surface area contributed by atoms with Gasteiger partial charge in [-0.3, -0.25) is 14.6 Å². The van der Waals surface area contributed by atoms with Crippen molar-refractivity contribution < 1.29 is 29.0 Å². The quantitative estimate of drug-likeness (QED) is 0.286. The van der Waals surface area contributed by atoms with E-state index in [0.717, 1.165) is 25.7 Å². The second-order valence-electron chi connectivity index (χ2n) is 13.8. The molecule has 0 radical (unpaired) electrons. The lowest BCUT2D eigenvalue weighted by Gasteiger charge is -2.61. The molecule has 2 N–H and O–H groups in total. The molecule has 8 nitrogen and oxygen atoms in total. The van der Waals surface area contributed by atoms with Gasteiger partial charge in [0.25, 0.3) is 0 Å². The Morgan fingerprint density at radius 2 is 1.95 bits per heavy atom. The van der Waals surface area contributed by atoms with E-state index >= 15 is 0 Å². The molecule has 0 aromatic heterocycles. The third-order valence-electron chi connectivity index (χ3n) is 11.4. The number of hydrogen-bond acceptors (Lipinski definition) is 9. The van der Waals surface area contributed by atoms with Crippen LogP contribution in [0.4, 0.5) is 0 Å². The molecule has 4 rings (SSSR count). The summed E-state index contributed by atoms with van der Waals surface area (Å²) in [5.41, 5.74) is -0.393. The van der Waals surface area contributed by atoms with Gasteiger partial charge in [0.1, 0.15) is 11.9 Å². The number of ether oxygens (including phenoxy) is 2. The van der Waals surface area contributed by atoms with Crippen LogP contribution in [0.3, 0.4) is 0 Å². The zero-order valence-corrected chi connectivity index (χ0v) is 27.4. The molecule has 3 saturated carbocycles. The number of hydrogen-bond donors (Lipinski definition) is 2. The number of carbonyl (C=O) groups is 3. The Balaban J connectivity index is 1.54. The predicted molar refractivity (Wildman–Crippen MR) is 166 cm³/mol. The average Bonchev–Trinajstić information content (AvgIpc) is 3.29. The van der Waals surface area contributed by atoms with Crippen molar-refractivity contribution in [2.45, 2.75) is 118 Å². The van der Waals surface area contributed by atoms with Crippen molar-refractivity contribution in [2.75, 3.05) is 5.75 Å². The van der Waals surface area contributed by atoms with Gasteiger partial charge in [-0.2, -0.15) is 0 Å². The largest absolute Gasteiger partial charge is 0.461 e. The summed E-state index contributed by atoms with van der Waals surface area (Å²) >= 11 is 1.23. The first kappa shape index (κ1) is 32.8. The summed E-state index contributed by atoms with van der Waals surface area (Å²) in [6.07, 6.45) is 4.60. The number of ketones is 1. The van der Waals surface area contributed by atoms with Gasteiger partial charge in [0.15, 0.2) is 5.17 Å². The van der Waals surface area contributed by atoms with Gasteiger partial charge in [0.05, 0.1) is 29.6 Å². The number of aliphatic hydroxyl groups is 1. The number of thioether (sulfide) groups is 1. The summed E-state index contributed by atoms with van der Waals surface area (Å²) < 4.78 is 11.8. The number of allylic oxidation sites excluding steroid dienone is 1. The highest BCUT2D eigenvalue weighted by molar-refractivity contribution is 8.14. The van der Waals surface area contributed by atoms with Crippen molar-refractivity contribution in [3.05, 3.63) is 23.9 Å². The van der Waals surface area contributed by atoms with Gasteiger partial charge in [0.2, 0.25) is 0 Å². The molecule has 1 aliphatic heterocycles. The second-order valence-corrected chi connectivity index (χ2v) is 14.7. The van der Waals surface area contributed by atoms with Crippen LogP contribution >= 0.6 is 11.8 Å². The fourth-order valence-electron chi connectivity index (χ4n) is 8.36. The number of amidine groups is 1. The van der Waals surface area contributed by atoms with E-state index in [1.807, 2.05) is 40.7 Å². The smallest absolute Gasteiger partial charge is 0.338 e. The van der Waals surface area contributed by atoms with Gasteiger partial charge in [-0.1, -0.05) is 52.5 Å². The van der Waals surface area contributed by atoms with Gasteiger partial charge < -0.3 is 19.9 Å². The van der Waals surface area contributed by atoms with Crippen molar-refractivity contribution in [1.82, 2.24) is 5.32 Å². The molecule has 0 aromatic carbocycles. The lowest BCUT2D eigenvalue weighted by atomic mass is 9.44. The molecular weight excluding hydrogens is 552 g/mol. The third kappa shape index (κ3) is 5.49. The average molecular weight is 603 g/mol. The Morgan fingerprint density at radius 3 is 2.57 bits per heavy atom. The highest BCUT2D eigenvalue weighted by Gasteiger charge is 2.68. The molecule has 4 aliphatic rings. The molecule has 2 bridgehead atoms. The second kappa shape index (κ2) is 12.1.